The van der Waals surface area contributed by atoms with Gasteiger partial charge in [0.25, 0.3) is 11.5 Å². The molecule has 0 saturated carbocycles. The highest BCUT2D eigenvalue weighted by molar-refractivity contribution is 8.26. The lowest BCUT2D eigenvalue weighted by molar-refractivity contribution is -0.122. The molecule has 0 unspecified atom stereocenters. The van der Waals surface area contributed by atoms with Crippen LogP contribution in [0.4, 0.5) is 5.82 Å². The first kappa shape index (κ1) is 30.2. The standard InChI is InChI=1S/C32H32N4O5S2/c1-4-5-13-35-29(34-18-22-8-11-26-27(15-22)41-19-40-26)24(20(2)25(17-33)30(35)37)16-28-31(38)36(32(42)43-28)14-12-21-6-9-23(39-3)10-7-21/h6-11,15-16,34H,4-5,12-14,18-19H2,1-3H3/b28-16+. The number of amides is 1. The number of nitrogens with zero attached hydrogens (tertiary/aromatic N) is 3. The van der Waals surface area contributed by atoms with E-state index < -0.39 is 0 Å². The Kier molecular flexibility index (Phi) is 9.38. The number of pyridine rings is 1. The predicted octanol–water partition coefficient (Wildman–Crippen LogP) is 5.62. The summed E-state index contributed by atoms with van der Waals surface area (Å²) in [6, 6.07) is 15.5. The van der Waals surface area contributed by atoms with Crippen LogP contribution < -0.4 is 25.1 Å². The Labute approximate surface area is 260 Å². The Morgan fingerprint density at radius 3 is 2.58 bits per heavy atom. The van der Waals surface area contributed by atoms with E-state index >= 15 is 0 Å². The summed E-state index contributed by atoms with van der Waals surface area (Å²) in [5, 5.41) is 13.4. The van der Waals surface area contributed by atoms with Gasteiger partial charge in [-0.1, -0.05) is 55.5 Å². The van der Waals surface area contributed by atoms with E-state index in [1.165, 1.54) is 11.8 Å². The molecule has 0 radical (unpaired) electrons. The van der Waals surface area contributed by atoms with Crippen molar-refractivity contribution in [2.24, 2.45) is 0 Å². The highest BCUT2D eigenvalue weighted by Gasteiger charge is 2.32. The molecule has 2 aliphatic heterocycles. The van der Waals surface area contributed by atoms with Gasteiger partial charge in [-0.2, -0.15) is 5.26 Å². The van der Waals surface area contributed by atoms with Crippen molar-refractivity contribution in [3.05, 3.63) is 85.5 Å². The van der Waals surface area contributed by atoms with Gasteiger partial charge in [0.15, 0.2) is 11.5 Å². The fourth-order valence-corrected chi connectivity index (χ4v) is 6.27. The molecule has 43 heavy (non-hydrogen) atoms. The fourth-order valence-electron chi connectivity index (χ4n) is 4.98. The number of anilines is 1. The van der Waals surface area contributed by atoms with Gasteiger partial charge in [0.1, 0.15) is 27.5 Å². The number of carbonyl (C=O) groups is 1. The first-order valence-corrected chi connectivity index (χ1v) is 15.2. The van der Waals surface area contributed by atoms with Crippen LogP contribution in [0.2, 0.25) is 0 Å². The number of benzene rings is 2. The molecule has 11 heteroatoms. The summed E-state index contributed by atoms with van der Waals surface area (Å²) in [4.78, 5) is 29.1. The number of rotatable bonds is 11. The maximum atomic E-state index is 13.6. The summed E-state index contributed by atoms with van der Waals surface area (Å²) in [7, 11) is 1.62. The monoisotopic (exact) mass is 616 g/mol. The molecule has 1 fully saturated rings. The maximum Gasteiger partial charge on any atom is 0.270 e. The van der Waals surface area contributed by atoms with Gasteiger partial charge in [0.05, 0.1) is 12.0 Å². The summed E-state index contributed by atoms with van der Waals surface area (Å²) in [6.07, 6.45) is 4.00. The molecule has 0 atom stereocenters. The Morgan fingerprint density at radius 1 is 1.12 bits per heavy atom. The van der Waals surface area contributed by atoms with E-state index in [1.54, 1.807) is 29.6 Å². The number of nitriles is 1. The van der Waals surface area contributed by atoms with Gasteiger partial charge < -0.3 is 19.5 Å². The topological polar surface area (TPSA) is 106 Å². The summed E-state index contributed by atoms with van der Waals surface area (Å²) in [5.41, 5.74) is 2.82. The second kappa shape index (κ2) is 13.4. The third-order valence-electron chi connectivity index (χ3n) is 7.44. The number of hydrogen-bond acceptors (Lipinski definition) is 9. The molecule has 5 rings (SSSR count). The molecule has 1 aromatic heterocycles. The molecule has 2 aliphatic rings. The van der Waals surface area contributed by atoms with Crippen molar-refractivity contribution in [1.82, 2.24) is 9.47 Å². The van der Waals surface area contributed by atoms with E-state index in [9.17, 15) is 14.9 Å². The van der Waals surface area contributed by atoms with E-state index in [-0.39, 0.29) is 23.8 Å². The lowest BCUT2D eigenvalue weighted by Crippen LogP contribution is -2.30. The van der Waals surface area contributed by atoms with Crippen LogP contribution in [0.1, 0.15) is 47.6 Å². The summed E-state index contributed by atoms with van der Waals surface area (Å²) < 4.78 is 18.3. The zero-order valence-electron chi connectivity index (χ0n) is 24.3. The Hall–Kier alpha value is -4.27. The number of ether oxygens (including phenoxy) is 3. The Morgan fingerprint density at radius 2 is 1.86 bits per heavy atom. The van der Waals surface area contributed by atoms with Crippen molar-refractivity contribution >= 4 is 46.1 Å². The van der Waals surface area contributed by atoms with Gasteiger partial charge in [-0.25, -0.2) is 0 Å². The molecule has 0 bridgehead atoms. The quantitative estimate of drug-likeness (QED) is 0.217. The molecule has 2 aromatic carbocycles. The number of thiocarbonyl (C=S) groups is 1. The third-order valence-corrected chi connectivity index (χ3v) is 8.82. The van der Waals surface area contributed by atoms with Gasteiger partial charge in [0.2, 0.25) is 6.79 Å². The van der Waals surface area contributed by atoms with Crippen molar-refractivity contribution in [3.8, 4) is 23.3 Å². The number of methoxy groups -OCH3 is 1. The molecule has 1 N–H and O–H groups in total. The van der Waals surface area contributed by atoms with E-state index in [0.717, 1.165) is 29.7 Å². The maximum absolute atomic E-state index is 13.6. The first-order chi connectivity index (χ1) is 20.8. The number of carbonyl (C=O) groups excluding carboxylic acids is 1. The van der Waals surface area contributed by atoms with Crippen LogP contribution in [0.25, 0.3) is 6.08 Å². The minimum absolute atomic E-state index is 0.0611. The fraction of sp³-hybridized carbons (Fsp3) is 0.312. The van der Waals surface area contributed by atoms with Crippen LogP contribution in [0.3, 0.4) is 0 Å². The number of fused-ring (bicyclic) bond motifs is 1. The lowest BCUT2D eigenvalue weighted by Gasteiger charge is -2.20. The Bertz CT molecular complexity index is 1690. The van der Waals surface area contributed by atoms with Crippen molar-refractivity contribution in [2.45, 2.75) is 46.2 Å². The molecular formula is C32H32N4O5S2. The lowest BCUT2D eigenvalue weighted by atomic mass is 10.0. The minimum Gasteiger partial charge on any atom is -0.497 e. The second-order valence-electron chi connectivity index (χ2n) is 10.2. The molecule has 3 heterocycles. The third kappa shape index (κ3) is 6.40. The van der Waals surface area contributed by atoms with Gasteiger partial charge in [-0.05, 0) is 66.8 Å². The normalized spacial score (nSPS) is 14.8. The SMILES string of the molecule is CCCCn1c(NCc2ccc3c(c2)OCO3)c(/C=C2/SC(=S)N(CCc3ccc(OC)cc3)C2=O)c(C)c(C#N)c1=O. The zero-order chi connectivity index (χ0) is 30.5. The van der Waals surface area contributed by atoms with Gasteiger partial charge >= 0.3 is 0 Å². The van der Waals surface area contributed by atoms with Crippen LogP contribution in [0.15, 0.2) is 52.2 Å². The van der Waals surface area contributed by atoms with Gasteiger partial charge in [-0.15, -0.1) is 0 Å². The number of thioether (sulfide) groups is 1. The predicted molar refractivity (Wildman–Crippen MR) is 172 cm³/mol. The minimum atomic E-state index is -0.356. The molecular weight excluding hydrogens is 585 g/mol. The van der Waals surface area contributed by atoms with Crippen LogP contribution >= 0.6 is 24.0 Å². The average molecular weight is 617 g/mol. The molecule has 9 nitrogen and oxygen atoms in total. The van der Waals surface area contributed by atoms with Crippen molar-refractivity contribution in [1.29, 1.82) is 5.26 Å². The zero-order valence-corrected chi connectivity index (χ0v) is 25.9. The van der Waals surface area contributed by atoms with Gasteiger partial charge in [0, 0.05) is 25.2 Å². The highest BCUT2D eigenvalue weighted by atomic mass is 32.2. The first-order valence-electron chi connectivity index (χ1n) is 14.0. The van der Waals surface area contributed by atoms with Crippen LogP contribution in [-0.2, 0) is 24.3 Å². The molecule has 222 valence electrons. The van der Waals surface area contributed by atoms with E-state index in [1.807, 2.05) is 49.4 Å². The number of nitrogens with one attached hydrogen (secondary N) is 1. The second-order valence-corrected chi connectivity index (χ2v) is 11.8. The number of unbranched alkanes of at least 4 members (excludes halogenated alkanes) is 1. The van der Waals surface area contributed by atoms with Gasteiger partial charge in [-0.3, -0.25) is 19.1 Å². The Balaban J connectivity index is 1.47. The molecule has 1 amide bonds. The summed E-state index contributed by atoms with van der Waals surface area (Å²) >= 11 is 6.83. The number of hydrogen-bond donors (Lipinski definition) is 1. The van der Waals surface area contributed by atoms with Crippen molar-refractivity contribution in [3.63, 3.8) is 0 Å². The summed E-state index contributed by atoms with van der Waals surface area (Å²) in [5.74, 6) is 2.47. The van der Waals surface area contributed by atoms with E-state index in [4.69, 9.17) is 26.4 Å². The largest absolute Gasteiger partial charge is 0.497 e. The average Bonchev–Trinajstić information content (AvgIpc) is 3.59. The van der Waals surface area contributed by atoms with E-state index in [2.05, 4.69) is 11.4 Å². The molecule has 1 saturated heterocycles. The smallest absolute Gasteiger partial charge is 0.270 e. The molecule has 3 aromatic rings. The van der Waals surface area contributed by atoms with Crippen LogP contribution in [-0.4, -0.2) is 40.1 Å². The number of aromatic nitrogens is 1. The van der Waals surface area contributed by atoms with E-state index in [0.29, 0.717) is 63.7 Å². The molecule has 0 aliphatic carbocycles. The van der Waals surface area contributed by atoms with Crippen LogP contribution in [0, 0.1) is 18.3 Å². The molecule has 0 spiro atoms. The highest BCUT2D eigenvalue weighted by Crippen LogP contribution is 2.36. The van der Waals surface area contributed by atoms with Crippen molar-refractivity contribution in [2.75, 3.05) is 25.8 Å². The van der Waals surface area contributed by atoms with Crippen LogP contribution in [0.5, 0.6) is 17.2 Å². The van der Waals surface area contributed by atoms with Crippen molar-refractivity contribution < 1.29 is 19.0 Å². The summed E-state index contributed by atoms with van der Waals surface area (Å²) in [6.45, 7) is 5.21.